The lowest BCUT2D eigenvalue weighted by molar-refractivity contribution is 0.660. The first-order valence-electron chi connectivity index (χ1n) is 15.4. The van der Waals surface area contributed by atoms with Crippen LogP contribution < -0.4 is 4.90 Å². The van der Waals surface area contributed by atoms with Crippen molar-refractivity contribution in [1.29, 1.82) is 0 Å². The van der Waals surface area contributed by atoms with E-state index in [9.17, 15) is 0 Å². The fraction of sp³-hybridized carbons (Fsp3) is 0.0698. The standard InChI is InChI=1S/C43H33N/c1-43(2)39-24-14-23-36(31-16-6-3-7-17-31)42(39)38-28-37(32-18-8-4-9-19-32)41(29-40(38)43)44(34-21-10-5-11-22-34)35-26-25-30-15-12-13-20-33(30)27-35/h3-29H,1-2H3. The van der Waals surface area contributed by atoms with Crippen LogP contribution in [0.25, 0.3) is 44.2 Å². The van der Waals surface area contributed by atoms with Crippen LogP contribution in [-0.4, -0.2) is 0 Å². The van der Waals surface area contributed by atoms with Gasteiger partial charge in [-0.2, -0.15) is 0 Å². The molecular formula is C43H33N. The van der Waals surface area contributed by atoms with Gasteiger partial charge in [-0.25, -0.2) is 0 Å². The highest BCUT2D eigenvalue weighted by Gasteiger charge is 2.38. The average molecular weight is 564 g/mol. The van der Waals surface area contributed by atoms with Gasteiger partial charge in [-0.05, 0) is 86.1 Å². The van der Waals surface area contributed by atoms with Gasteiger partial charge in [0.1, 0.15) is 0 Å². The van der Waals surface area contributed by atoms with E-state index < -0.39 is 0 Å². The molecule has 7 aromatic rings. The molecule has 1 aliphatic rings. The van der Waals surface area contributed by atoms with Crippen LogP contribution in [-0.2, 0) is 5.41 Å². The maximum Gasteiger partial charge on any atom is 0.0543 e. The van der Waals surface area contributed by atoms with E-state index in [1.165, 1.54) is 61.0 Å². The summed E-state index contributed by atoms with van der Waals surface area (Å²) in [4.78, 5) is 2.44. The zero-order valence-electron chi connectivity index (χ0n) is 25.0. The summed E-state index contributed by atoms with van der Waals surface area (Å²) in [6.45, 7) is 4.75. The molecule has 1 aliphatic carbocycles. The van der Waals surface area contributed by atoms with Crippen molar-refractivity contribution in [3.8, 4) is 33.4 Å². The second kappa shape index (κ2) is 10.4. The minimum absolute atomic E-state index is 0.162. The Morgan fingerprint density at radius 1 is 0.409 bits per heavy atom. The Morgan fingerprint density at radius 3 is 1.73 bits per heavy atom. The Labute approximate surface area is 259 Å². The van der Waals surface area contributed by atoms with E-state index in [0.29, 0.717) is 0 Å². The van der Waals surface area contributed by atoms with E-state index in [1.54, 1.807) is 0 Å². The van der Waals surface area contributed by atoms with Gasteiger partial charge in [-0.1, -0.05) is 141 Å². The van der Waals surface area contributed by atoms with Crippen molar-refractivity contribution in [3.63, 3.8) is 0 Å². The van der Waals surface area contributed by atoms with Gasteiger partial charge in [0.15, 0.2) is 0 Å². The molecule has 44 heavy (non-hydrogen) atoms. The highest BCUT2D eigenvalue weighted by atomic mass is 15.1. The van der Waals surface area contributed by atoms with Gasteiger partial charge in [-0.15, -0.1) is 0 Å². The SMILES string of the molecule is CC1(C)c2cc(N(c3ccccc3)c3ccc4ccccc4c3)c(-c3ccccc3)cc2-c2c(-c3ccccc3)cccc21. The summed E-state index contributed by atoms with van der Waals surface area (Å²) < 4.78 is 0. The molecular weight excluding hydrogens is 530 g/mol. The number of hydrogen-bond donors (Lipinski definition) is 0. The second-order valence-electron chi connectivity index (χ2n) is 12.2. The summed E-state index contributed by atoms with van der Waals surface area (Å²) in [5.41, 5.74) is 13.7. The fourth-order valence-corrected chi connectivity index (χ4v) is 7.03. The number of nitrogens with zero attached hydrogens (tertiary/aromatic N) is 1. The van der Waals surface area contributed by atoms with E-state index in [0.717, 1.165) is 11.4 Å². The van der Waals surface area contributed by atoms with Crippen LogP contribution in [0.4, 0.5) is 17.1 Å². The molecule has 0 N–H and O–H groups in total. The van der Waals surface area contributed by atoms with Crippen LogP contribution in [0.5, 0.6) is 0 Å². The van der Waals surface area contributed by atoms with E-state index >= 15 is 0 Å². The predicted octanol–water partition coefficient (Wildman–Crippen LogP) is 11.9. The van der Waals surface area contributed by atoms with Crippen LogP contribution in [0.1, 0.15) is 25.0 Å². The van der Waals surface area contributed by atoms with Crippen LogP contribution >= 0.6 is 0 Å². The van der Waals surface area contributed by atoms with Gasteiger partial charge < -0.3 is 4.90 Å². The van der Waals surface area contributed by atoms with Crippen molar-refractivity contribution in [3.05, 3.63) is 175 Å². The Morgan fingerprint density at radius 2 is 1.02 bits per heavy atom. The molecule has 0 aromatic heterocycles. The van der Waals surface area contributed by atoms with E-state index in [4.69, 9.17) is 0 Å². The van der Waals surface area contributed by atoms with Crippen molar-refractivity contribution in [2.24, 2.45) is 0 Å². The first-order valence-corrected chi connectivity index (χ1v) is 15.4. The lowest BCUT2D eigenvalue weighted by atomic mass is 9.81. The molecule has 7 aromatic carbocycles. The molecule has 0 atom stereocenters. The second-order valence-corrected chi connectivity index (χ2v) is 12.2. The molecule has 8 rings (SSSR count). The summed E-state index contributed by atoms with van der Waals surface area (Å²) >= 11 is 0. The fourth-order valence-electron chi connectivity index (χ4n) is 7.03. The predicted molar refractivity (Wildman–Crippen MR) is 187 cm³/mol. The molecule has 210 valence electrons. The van der Waals surface area contributed by atoms with Crippen molar-refractivity contribution >= 4 is 27.8 Å². The lowest BCUT2D eigenvalue weighted by Gasteiger charge is -2.30. The van der Waals surface area contributed by atoms with Gasteiger partial charge in [-0.3, -0.25) is 0 Å². The number of hydrogen-bond acceptors (Lipinski definition) is 1. The number of fused-ring (bicyclic) bond motifs is 4. The summed E-state index contributed by atoms with van der Waals surface area (Å²) in [6.07, 6.45) is 0. The van der Waals surface area contributed by atoms with Crippen LogP contribution in [0.3, 0.4) is 0 Å². The highest BCUT2D eigenvalue weighted by Crippen LogP contribution is 2.55. The zero-order valence-corrected chi connectivity index (χ0v) is 25.0. The Hall–Kier alpha value is -5.40. The van der Waals surface area contributed by atoms with Crippen LogP contribution in [0, 0.1) is 0 Å². The lowest BCUT2D eigenvalue weighted by Crippen LogP contribution is -2.17. The Bertz CT molecular complexity index is 2130. The Balaban J connectivity index is 1.44. The minimum Gasteiger partial charge on any atom is -0.310 e. The van der Waals surface area contributed by atoms with E-state index in [2.05, 4.69) is 183 Å². The monoisotopic (exact) mass is 563 g/mol. The van der Waals surface area contributed by atoms with Crippen LogP contribution in [0.15, 0.2) is 164 Å². The topological polar surface area (TPSA) is 3.24 Å². The zero-order chi connectivity index (χ0) is 29.7. The van der Waals surface area contributed by atoms with Crippen molar-refractivity contribution in [1.82, 2.24) is 0 Å². The number of anilines is 3. The molecule has 1 nitrogen and oxygen atoms in total. The molecule has 0 fully saturated rings. The van der Waals surface area contributed by atoms with Gasteiger partial charge in [0.25, 0.3) is 0 Å². The molecule has 0 heterocycles. The first kappa shape index (κ1) is 26.2. The minimum atomic E-state index is -0.162. The van der Waals surface area contributed by atoms with Crippen molar-refractivity contribution < 1.29 is 0 Å². The Kier molecular flexibility index (Phi) is 6.20. The van der Waals surface area contributed by atoms with Crippen molar-refractivity contribution in [2.75, 3.05) is 4.90 Å². The average Bonchev–Trinajstić information content (AvgIpc) is 3.31. The third-order valence-corrected chi connectivity index (χ3v) is 9.23. The van der Waals surface area contributed by atoms with Gasteiger partial charge >= 0.3 is 0 Å². The largest absolute Gasteiger partial charge is 0.310 e. The number of rotatable bonds is 5. The molecule has 0 amide bonds. The third-order valence-electron chi connectivity index (χ3n) is 9.23. The van der Waals surface area contributed by atoms with E-state index in [1.807, 2.05) is 0 Å². The maximum absolute atomic E-state index is 2.47. The molecule has 0 saturated heterocycles. The quantitative estimate of drug-likeness (QED) is 0.201. The van der Waals surface area contributed by atoms with Gasteiger partial charge in [0, 0.05) is 22.4 Å². The number of benzene rings is 7. The van der Waals surface area contributed by atoms with Crippen molar-refractivity contribution in [2.45, 2.75) is 19.3 Å². The summed E-state index contributed by atoms with van der Waals surface area (Å²) in [6, 6.07) is 59.6. The normalized spacial score (nSPS) is 13.0. The van der Waals surface area contributed by atoms with Crippen LogP contribution in [0.2, 0.25) is 0 Å². The van der Waals surface area contributed by atoms with E-state index in [-0.39, 0.29) is 5.41 Å². The molecule has 1 heteroatoms. The smallest absolute Gasteiger partial charge is 0.0543 e. The summed E-state index contributed by atoms with van der Waals surface area (Å²) in [5.74, 6) is 0. The summed E-state index contributed by atoms with van der Waals surface area (Å²) in [5, 5.41) is 2.47. The van der Waals surface area contributed by atoms with Gasteiger partial charge in [0.05, 0.1) is 5.69 Å². The van der Waals surface area contributed by atoms with Gasteiger partial charge in [0.2, 0.25) is 0 Å². The number of para-hydroxylation sites is 1. The maximum atomic E-state index is 2.47. The highest BCUT2D eigenvalue weighted by molar-refractivity contribution is 5.99. The molecule has 0 spiro atoms. The summed E-state index contributed by atoms with van der Waals surface area (Å²) in [7, 11) is 0. The molecule has 0 saturated carbocycles. The molecule has 0 bridgehead atoms. The third kappa shape index (κ3) is 4.24. The molecule has 0 unspecified atom stereocenters. The molecule has 0 aliphatic heterocycles. The molecule has 0 radical (unpaired) electrons. The first-order chi connectivity index (χ1) is 21.6.